The van der Waals surface area contributed by atoms with Crippen molar-refractivity contribution in [3.63, 3.8) is 0 Å². The molecule has 7 nitrogen and oxygen atoms in total. The lowest BCUT2D eigenvalue weighted by Gasteiger charge is -2.30. The van der Waals surface area contributed by atoms with Crippen molar-refractivity contribution in [2.75, 3.05) is 23.0 Å². The standard InChI is InChI=1S/C19H20Cl2N2O5S/c1-4-17(23(29(3,26)27)14-7-5-6-12(20)10-14)18(24)22-13-8-9-16(21)15(11-13)19(25)28-2/h5-11,17H,4H2,1-3H3,(H,22,24)/t17-/m0/s1. The van der Waals surface area contributed by atoms with Crippen LogP contribution in [-0.4, -0.2) is 39.7 Å². The van der Waals surface area contributed by atoms with Gasteiger partial charge in [0.25, 0.3) is 0 Å². The van der Waals surface area contributed by atoms with E-state index in [0.29, 0.717) is 5.02 Å². The number of carbonyl (C=O) groups is 2. The molecule has 10 heteroatoms. The molecule has 2 rings (SSSR count). The van der Waals surface area contributed by atoms with Crippen molar-refractivity contribution < 1.29 is 22.7 Å². The summed E-state index contributed by atoms with van der Waals surface area (Å²) in [5, 5.41) is 3.14. The van der Waals surface area contributed by atoms with Gasteiger partial charge in [-0.15, -0.1) is 0 Å². The highest BCUT2D eigenvalue weighted by Crippen LogP contribution is 2.27. The average molecular weight is 459 g/mol. The quantitative estimate of drug-likeness (QED) is 0.633. The zero-order chi connectivity index (χ0) is 21.8. The lowest BCUT2D eigenvalue weighted by Crippen LogP contribution is -2.47. The zero-order valence-electron chi connectivity index (χ0n) is 16.0. The predicted octanol–water partition coefficient (Wildman–Crippen LogP) is 3.96. The maximum absolute atomic E-state index is 12.9. The summed E-state index contributed by atoms with van der Waals surface area (Å²) in [5.41, 5.74) is 0.626. The number of methoxy groups -OCH3 is 1. The fraction of sp³-hybridized carbons (Fsp3) is 0.263. The molecule has 0 radical (unpaired) electrons. The van der Waals surface area contributed by atoms with E-state index in [1.54, 1.807) is 25.1 Å². The molecule has 0 saturated heterocycles. The second-order valence-electron chi connectivity index (χ2n) is 6.14. The minimum absolute atomic E-state index is 0.0785. The first-order chi connectivity index (χ1) is 13.6. The van der Waals surface area contributed by atoms with Gasteiger partial charge in [-0.3, -0.25) is 9.10 Å². The van der Waals surface area contributed by atoms with Crippen molar-refractivity contribution in [1.82, 2.24) is 0 Å². The number of rotatable bonds is 7. The molecular formula is C19H20Cl2N2O5S. The second kappa shape index (κ2) is 9.47. The van der Waals surface area contributed by atoms with Crippen LogP contribution in [0.5, 0.6) is 0 Å². The molecule has 1 amide bonds. The number of amides is 1. The third-order valence-electron chi connectivity index (χ3n) is 4.03. The normalized spacial score (nSPS) is 12.2. The molecule has 0 fully saturated rings. The van der Waals surface area contributed by atoms with E-state index in [0.717, 1.165) is 10.6 Å². The lowest BCUT2D eigenvalue weighted by atomic mass is 10.1. The summed E-state index contributed by atoms with van der Waals surface area (Å²) in [7, 11) is -2.58. The van der Waals surface area contributed by atoms with Crippen LogP contribution in [-0.2, 0) is 19.6 Å². The fourth-order valence-electron chi connectivity index (χ4n) is 2.77. The van der Waals surface area contributed by atoms with Crippen molar-refractivity contribution in [1.29, 1.82) is 0 Å². The predicted molar refractivity (Wildman–Crippen MR) is 114 cm³/mol. The number of esters is 1. The van der Waals surface area contributed by atoms with Crippen LogP contribution in [0.1, 0.15) is 23.7 Å². The smallest absolute Gasteiger partial charge is 0.339 e. The monoisotopic (exact) mass is 458 g/mol. The van der Waals surface area contributed by atoms with E-state index < -0.39 is 27.9 Å². The molecule has 156 valence electrons. The Morgan fingerprint density at radius 2 is 1.86 bits per heavy atom. The van der Waals surface area contributed by atoms with Gasteiger partial charge in [0.15, 0.2) is 0 Å². The minimum Gasteiger partial charge on any atom is -0.465 e. The van der Waals surface area contributed by atoms with Gasteiger partial charge in [-0.05, 0) is 42.8 Å². The number of anilines is 2. The Labute approximate surface area is 179 Å². The van der Waals surface area contributed by atoms with Crippen molar-refractivity contribution in [3.05, 3.63) is 58.1 Å². The number of carbonyl (C=O) groups excluding carboxylic acids is 2. The minimum atomic E-state index is -3.80. The number of sulfonamides is 1. The van der Waals surface area contributed by atoms with E-state index in [1.165, 1.54) is 31.4 Å². The molecule has 0 aliphatic carbocycles. The Hall–Kier alpha value is -2.29. The third-order valence-corrected chi connectivity index (χ3v) is 5.78. The highest BCUT2D eigenvalue weighted by molar-refractivity contribution is 7.92. The first-order valence-corrected chi connectivity index (χ1v) is 11.1. The summed E-state index contributed by atoms with van der Waals surface area (Å²) < 4.78 is 30.6. The van der Waals surface area contributed by atoms with Crippen molar-refractivity contribution in [2.45, 2.75) is 19.4 Å². The molecule has 29 heavy (non-hydrogen) atoms. The molecular weight excluding hydrogens is 439 g/mol. The first kappa shape index (κ1) is 23.0. The molecule has 2 aromatic carbocycles. The van der Waals surface area contributed by atoms with Crippen LogP contribution in [0.3, 0.4) is 0 Å². The zero-order valence-corrected chi connectivity index (χ0v) is 18.3. The Balaban J connectivity index is 2.39. The van der Waals surface area contributed by atoms with Crippen LogP contribution in [0.4, 0.5) is 11.4 Å². The van der Waals surface area contributed by atoms with Gasteiger partial charge in [-0.2, -0.15) is 0 Å². The number of halogens is 2. The molecule has 0 aromatic heterocycles. The maximum Gasteiger partial charge on any atom is 0.339 e. The topological polar surface area (TPSA) is 92.8 Å². The average Bonchev–Trinajstić information content (AvgIpc) is 2.65. The second-order valence-corrected chi connectivity index (χ2v) is 8.84. The van der Waals surface area contributed by atoms with Gasteiger partial charge in [0, 0.05) is 10.7 Å². The van der Waals surface area contributed by atoms with E-state index in [2.05, 4.69) is 10.1 Å². The van der Waals surface area contributed by atoms with Gasteiger partial charge >= 0.3 is 5.97 Å². The molecule has 0 unspecified atom stereocenters. The summed E-state index contributed by atoms with van der Waals surface area (Å²) in [4.78, 5) is 24.7. The molecule has 0 spiro atoms. The fourth-order valence-corrected chi connectivity index (χ4v) is 4.35. The van der Waals surface area contributed by atoms with Crippen LogP contribution in [0.25, 0.3) is 0 Å². The number of benzene rings is 2. The molecule has 0 heterocycles. The summed E-state index contributed by atoms with van der Waals surface area (Å²) in [5.74, 6) is -1.23. The van der Waals surface area contributed by atoms with E-state index in [1.807, 2.05) is 0 Å². The highest BCUT2D eigenvalue weighted by Gasteiger charge is 2.31. The van der Waals surface area contributed by atoms with Gasteiger partial charge in [0.05, 0.1) is 29.6 Å². The Morgan fingerprint density at radius 1 is 1.17 bits per heavy atom. The van der Waals surface area contributed by atoms with Crippen molar-refractivity contribution >= 4 is 56.5 Å². The third kappa shape index (κ3) is 5.62. The molecule has 0 aliphatic heterocycles. The van der Waals surface area contributed by atoms with E-state index >= 15 is 0 Å². The van der Waals surface area contributed by atoms with Crippen LogP contribution in [0.2, 0.25) is 10.0 Å². The van der Waals surface area contributed by atoms with Gasteiger partial charge in [-0.25, -0.2) is 13.2 Å². The molecule has 0 saturated carbocycles. The SMILES string of the molecule is CC[C@@H](C(=O)Nc1ccc(Cl)c(C(=O)OC)c1)N(c1cccc(Cl)c1)S(C)(=O)=O. The lowest BCUT2D eigenvalue weighted by molar-refractivity contribution is -0.117. The van der Waals surface area contributed by atoms with Gasteiger partial charge in [0.1, 0.15) is 6.04 Å². The molecule has 0 aliphatic rings. The van der Waals surface area contributed by atoms with E-state index in [4.69, 9.17) is 23.2 Å². The number of nitrogens with one attached hydrogen (secondary N) is 1. The highest BCUT2D eigenvalue weighted by atomic mass is 35.5. The Bertz CT molecular complexity index is 1030. The molecule has 0 bridgehead atoms. The molecule has 1 N–H and O–H groups in total. The Kier molecular flexibility index (Phi) is 7.51. The first-order valence-electron chi connectivity index (χ1n) is 8.52. The largest absolute Gasteiger partial charge is 0.465 e. The summed E-state index contributed by atoms with van der Waals surface area (Å²) in [6.07, 6.45) is 1.21. The van der Waals surface area contributed by atoms with E-state index in [-0.39, 0.29) is 28.4 Å². The van der Waals surface area contributed by atoms with Crippen molar-refractivity contribution in [3.8, 4) is 0 Å². The van der Waals surface area contributed by atoms with Crippen LogP contribution in [0, 0.1) is 0 Å². The Morgan fingerprint density at radius 3 is 2.41 bits per heavy atom. The summed E-state index contributed by atoms with van der Waals surface area (Å²) in [6.45, 7) is 1.69. The van der Waals surface area contributed by atoms with Gasteiger partial charge in [-0.1, -0.05) is 36.2 Å². The molecule has 2 aromatic rings. The van der Waals surface area contributed by atoms with E-state index in [9.17, 15) is 18.0 Å². The number of ether oxygens (including phenoxy) is 1. The van der Waals surface area contributed by atoms with Crippen LogP contribution >= 0.6 is 23.2 Å². The summed E-state index contributed by atoms with van der Waals surface area (Å²) in [6, 6.07) is 9.50. The number of hydrogen-bond acceptors (Lipinski definition) is 5. The van der Waals surface area contributed by atoms with Crippen molar-refractivity contribution in [2.24, 2.45) is 0 Å². The maximum atomic E-state index is 12.9. The molecule has 1 atom stereocenters. The van der Waals surface area contributed by atoms with Crippen LogP contribution < -0.4 is 9.62 Å². The van der Waals surface area contributed by atoms with Gasteiger partial charge in [0.2, 0.25) is 15.9 Å². The summed E-state index contributed by atoms with van der Waals surface area (Å²) >= 11 is 12.0. The van der Waals surface area contributed by atoms with Gasteiger partial charge < -0.3 is 10.1 Å². The number of nitrogens with zero attached hydrogens (tertiary/aromatic N) is 1. The number of hydrogen-bond donors (Lipinski definition) is 1. The van der Waals surface area contributed by atoms with Crippen LogP contribution in [0.15, 0.2) is 42.5 Å².